The van der Waals surface area contributed by atoms with Crippen LogP contribution in [0.1, 0.15) is 29.6 Å². The predicted octanol–water partition coefficient (Wildman–Crippen LogP) is 2.58. The van der Waals surface area contributed by atoms with Crippen molar-refractivity contribution >= 4 is 21.4 Å². The molecule has 3 aromatic heterocycles. The van der Waals surface area contributed by atoms with Crippen LogP contribution in [0.5, 0.6) is 0 Å². The highest BCUT2D eigenvalue weighted by Gasteiger charge is 2.38. The Morgan fingerprint density at radius 1 is 1.28 bits per heavy atom. The molecule has 3 aromatic rings. The van der Waals surface area contributed by atoms with Crippen LogP contribution in [0.25, 0.3) is 10.8 Å². The zero-order valence-electron chi connectivity index (χ0n) is 13.7. The summed E-state index contributed by atoms with van der Waals surface area (Å²) in [5.41, 5.74) is 0.375. The van der Waals surface area contributed by atoms with Crippen molar-refractivity contribution in [2.45, 2.75) is 31.1 Å². The normalized spacial score (nSPS) is 18.9. The van der Waals surface area contributed by atoms with Gasteiger partial charge in [-0.15, -0.1) is 11.3 Å². The van der Waals surface area contributed by atoms with Crippen LogP contribution < -0.4 is 0 Å². The molecule has 25 heavy (non-hydrogen) atoms. The van der Waals surface area contributed by atoms with Crippen molar-refractivity contribution in [1.29, 1.82) is 0 Å². The van der Waals surface area contributed by atoms with Gasteiger partial charge in [0.15, 0.2) is 11.6 Å². The van der Waals surface area contributed by atoms with Crippen molar-refractivity contribution in [3.63, 3.8) is 0 Å². The summed E-state index contributed by atoms with van der Waals surface area (Å²) in [6.07, 6.45) is 0.645. The smallest absolute Gasteiger partial charge is 0.267 e. The van der Waals surface area contributed by atoms with E-state index in [1.54, 1.807) is 13.8 Å². The Hall–Kier alpha value is -2.04. The Morgan fingerprint density at radius 2 is 2.12 bits per heavy atom. The minimum absolute atomic E-state index is 0.0901. The van der Waals surface area contributed by atoms with Crippen LogP contribution in [0.2, 0.25) is 0 Å². The Morgan fingerprint density at radius 3 is 2.80 bits per heavy atom. The minimum atomic E-state index is -3.64. The average molecular weight is 380 g/mol. The molecular weight excluding hydrogens is 364 g/mol. The summed E-state index contributed by atoms with van der Waals surface area (Å²) in [5.74, 6) is 1.23. The third-order valence-corrected chi connectivity index (χ3v) is 7.22. The lowest BCUT2D eigenvalue weighted by Gasteiger charge is -2.15. The molecule has 1 aliphatic heterocycles. The zero-order valence-corrected chi connectivity index (χ0v) is 15.3. The molecule has 1 fully saturated rings. The summed E-state index contributed by atoms with van der Waals surface area (Å²) >= 11 is 1.52. The first-order valence-corrected chi connectivity index (χ1v) is 10.1. The third kappa shape index (κ3) is 2.79. The van der Waals surface area contributed by atoms with Crippen LogP contribution in [0.4, 0.5) is 0 Å². The Labute approximate surface area is 148 Å². The van der Waals surface area contributed by atoms with Crippen LogP contribution in [0.3, 0.4) is 0 Å². The van der Waals surface area contributed by atoms with Gasteiger partial charge >= 0.3 is 0 Å². The fourth-order valence-electron chi connectivity index (χ4n) is 3.03. The summed E-state index contributed by atoms with van der Waals surface area (Å²) < 4.78 is 37.5. The molecule has 8 nitrogen and oxygen atoms in total. The molecule has 10 heteroatoms. The first kappa shape index (κ1) is 16.4. The highest BCUT2D eigenvalue weighted by molar-refractivity contribution is 7.89. The summed E-state index contributed by atoms with van der Waals surface area (Å²) in [6, 6.07) is 3.82. The van der Waals surface area contributed by atoms with Gasteiger partial charge in [-0.1, -0.05) is 16.4 Å². The van der Waals surface area contributed by atoms with E-state index in [0.717, 1.165) is 4.88 Å². The molecule has 0 spiro atoms. The van der Waals surface area contributed by atoms with E-state index in [0.29, 0.717) is 42.7 Å². The summed E-state index contributed by atoms with van der Waals surface area (Å²) in [7, 11) is -3.64. The van der Waals surface area contributed by atoms with Crippen LogP contribution in [0, 0.1) is 13.8 Å². The largest absolute Gasteiger partial charge is 0.360 e. The van der Waals surface area contributed by atoms with Gasteiger partial charge in [-0.2, -0.15) is 9.29 Å². The number of sulfonamides is 1. The first-order chi connectivity index (χ1) is 12.0. The number of rotatable bonds is 4. The van der Waals surface area contributed by atoms with Crippen molar-refractivity contribution in [3.8, 4) is 10.8 Å². The quantitative estimate of drug-likeness (QED) is 0.685. The third-order valence-electron chi connectivity index (χ3n) is 4.26. The van der Waals surface area contributed by atoms with Gasteiger partial charge in [0.05, 0.1) is 4.88 Å². The number of aryl methyl sites for hydroxylation is 2. The molecule has 0 radical (unpaired) electrons. The highest BCUT2D eigenvalue weighted by atomic mass is 32.2. The molecule has 1 atom stereocenters. The monoisotopic (exact) mass is 380 g/mol. The number of nitrogens with zero attached hydrogens (tertiary/aromatic N) is 4. The molecule has 4 heterocycles. The molecule has 0 amide bonds. The Balaban J connectivity index is 1.56. The minimum Gasteiger partial charge on any atom is -0.360 e. The van der Waals surface area contributed by atoms with E-state index in [1.807, 2.05) is 17.5 Å². The van der Waals surface area contributed by atoms with Crippen molar-refractivity contribution in [1.82, 2.24) is 19.6 Å². The summed E-state index contributed by atoms with van der Waals surface area (Å²) in [5, 5.41) is 9.72. The van der Waals surface area contributed by atoms with E-state index in [1.165, 1.54) is 15.6 Å². The van der Waals surface area contributed by atoms with E-state index < -0.39 is 10.0 Å². The van der Waals surface area contributed by atoms with Gasteiger partial charge in [0.1, 0.15) is 10.6 Å². The summed E-state index contributed by atoms with van der Waals surface area (Å²) in [6.45, 7) is 3.95. The van der Waals surface area contributed by atoms with E-state index in [9.17, 15) is 8.42 Å². The van der Waals surface area contributed by atoms with Gasteiger partial charge in [-0.25, -0.2) is 8.42 Å². The highest BCUT2D eigenvalue weighted by Crippen LogP contribution is 2.33. The van der Waals surface area contributed by atoms with Gasteiger partial charge in [-0.05, 0) is 31.7 Å². The van der Waals surface area contributed by atoms with E-state index in [2.05, 4.69) is 15.3 Å². The van der Waals surface area contributed by atoms with Gasteiger partial charge in [0.2, 0.25) is 10.0 Å². The SMILES string of the molecule is Cc1noc(C)c1S(=O)(=O)N1CC[C@@H](c2noc(-c3cccs3)n2)C1. The molecule has 4 rings (SSSR count). The maximum atomic E-state index is 12.9. The molecule has 0 saturated carbocycles. The topological polar surface area (TPSA) is 102 Å². The van der Waals surface area contributed by atoms with E-state index in [-0.39, 0.29) is 10.8 Å². The van der Waals surface area contributed by atoms with Crippen LogP contribution in [0.15, 0.2) is 31.5 Å². The van der Waals surface area contributed by atoms with Crippen LogP contribution in [-0.4, -0.2) is 41.1 Å². The van der Waals surface area contributed by atoms with Crippen molar-refractivity contribution < 1.29 is 17.5 Å². The summed E-state index contributed by atoms with van der Waals surface area (Å²) in [4.78, 5) is 5.48. The second-order valence-corrected chi connectivity index (χ2v) is 8.76. The molecule has 0 bridgehead atoms. The lowest BCUT2D eigenvalue weighted by Crippen LogP contribution is -2.29. The molecular formula is C15H16N4O4S2. The van der Waals surface area contributed by atoms with Crippen LogP contribution in [-0.2, 0) is 10.0 Å². The molecule has 132 valence electrons. The van der Waals surface area contributed by atoms with Gasteiger partial charge in [0.25, 0.3) is 5.89 Å². The van der Waals surface area contributed by atoms with Crippen molar-refractivity contribution in [3.05, 3.63) is 34.8 Å². The Bertz CT molecular complexity index is 971. The lowest BCUT2D eigenvalue weighted by molar-refractivity contribution is 0.389. The van der Waals surface area contributed by atoms with Crippen LogP contribution >= 0.6 is 11.3 Å². The number of aromatic nitrogens is 3. The van der Waals surface area contributed by atoms with Crippen molar-refractivity contribution in [2.75, 3.05) is 13.1 Å². The van der Waals surface area contributed by atoms with Gasteiger partial charge in [0, 0.05) is 19.0 Å². The number of hydrogen-bond donors (Lipinski definition) is 0. The predicted molar refractivity (Wildman–Crippen MR) is 89.7 cm³/mol. The molecule has 0 unspecified atom stereocenters. The standard InChI is InChI=1S/C15H16N4O4S2/c1-9-13(10(2)22-17-9)25(20,21)19-6-5-11(8-19)14-16-15(23-18-14)12-4-3-7-24-12/h3-4,7,11H,5-6,8H2,1-2H3/t11-/m1/s1. The Kier molecular flexibility index (Phi) is 3.97. The fourth-order valence-corrected chi connectivity index (χ4v) is 5.47. The zero-order chi connectivity index (χ0) is 17.6. The second kappa shape index (κ2) is 6.04. The van der Waals surface area contributed by atoms with Gasteiger partial charge < -0.3 is 9.05 Å². The molecule has 1 aliphatic rings. The van der Waals surface area contributed by atoms with E-state index in [4.69, 9.17) is 9.05 Å². The molecule has 0 N–H and O–H groups in total. The molecule has 0 aromatic carbocycles. The first-order valence-electron chi connectivity index (χ1n) is 7.77. The molecule has 0 aliphatic carbocycles. The van der Waals surface area contributed by atoms with Crippen molar-refractivity contribution in [2.24, 2.45) is 0 Å². The lowest BCUT2D eigenvalue weighted by atomic mass is 10.1. The van der Waals surface area contributed by atoms with Gasteiger partial charge in [-0.3, -0.25) is 0 Å². The van der Waals surface area contributed by atoms with E-state index >= 15 is 0 Å². The molecule has 1 saturated heterocycles. The maximum absolute atomic E-state index is 12.9. The number of thiophene rings is 1. The fraction of sp³-hybridized carbons (Fsp3) is 0.400. The maximum Gasteiger partial charge on any atom is 0.267 e. The average Bonchev–Trinajstić information content (AvgIpc) is 3.35. The number of hydrogen-bond acceptors (Lipinski definition) is 8. The second-order valence-electron chi connectivity index (χ2n) is 5.94.